The Balaban J connectivity index is 1.92. The molecule has 2 rings (SSSR count). The van der Waals surface area contributed by atoms with Crippen LogP contribution in [0.15, 0.2) is 47.6 Å². The van der Waals surface area contributed by atoms with E-state index < -0.39 is 5.91 Å². The van der Waals surface area contributed by atoms with E-state index in [1.165, 1.54) is 0 Å². The van der Waals surface area contributed by atoms with Crippen LogP contribution in [0.2, 0.25) is 0 Å². The number of nitrogens with one attached hydrogen (secondary N) is 2. The first-order valence-electron chi connectivity index (χ1n) is 9.60. The summed E-state index contributed by atoms with van der Waals surface area (Å²) < 4.78 is 10.5. The minimum absolute atomic E-state index is 0.0126. The monoisotopic (exact) mass is 411 g/mol. The summed E-state index contributed by atoms with van der Waals surface area (Å²) in [6.45, 7) is 7.91. The molecule has 0 atom stereocenters. The van der Waals surface area contributed by atoms with E-state index in [1.807, 2.05) is 18.2 Å². The van der Waals surface area contributed by atoms with Crippen LogP contribution in [-0.2, 0) is 10.2 Å². The summed E-state index contributed by atoms with van der Waals surface area (Å²) in [5.74, 6) is 0.442. The number of benzene rings is 2. The molecule has 0 aliphatic heterocycles. The highest BCUT2D eigenvalue weighted by Gasteiger charge is 2.14. The number of methoxy groups -OCH3 is 2. The second kappa shape index (κ2) is 9.91. The molecule has 160 valence electrons. The molecule has 0 bridgehead atoms. The lowest BCUT2D eigenvalue weighted by Crippen LogP contribution is -2.35. The molecule has 2 N–H and O–H groups in total. The number of rotatable bonds is 7. The van der Waals surface area contributed by atoms with Crippen LogP contribution < -0.4 is 20.2 Å². The molecular formula is C23H29N3O4. The average Bonchev–Trinajstić information content (AvgIpc) is 2.74. The summed E-state index contributed by atoms with van der Waals surface area (Å²) in [7, 11) is 3.11. The van der Waals surface area contributed by atoms with Gasteiger partial charge in [0.05, 0.1) is 26.5 Å². The molecule has 0 spiro atoms. The van der Waals surface area contributed by atoms with Gasteiger partial charge in [0, 0.05) is 11.1 Å². The molecule has 2 amide bonds. The smallest absolute Gasteiger partial charge is 0.259 e. The molecule has 2 aromatic carbocycles. The lowest BCUT2D eigenvalue weighted by Gasteiger charge is -2.19. The predicted molar refractivity (Wildman–Crippen MR) is 117 cm³/mol. The number of ether oxygens (including phenoxy) is 2. The molecule has 0 heterocycles. The number of carbonyl (C=O) groups excluding carboxylic acids is 2. The van der Waals surface area contributed by atoms with E-state index in [2.05, 4.69) is 36.6 Å². The molecule has 0 aromatic heterocycles. The van der Waals surface area contributed by atoms with Crippen molar-refractivity contribution in [1.82, 2.24) is 10.7 Å². The van der Waals surface area contributed by atoms with E-state index in [0.29, 0.717) is 22.8 Å². The van der Waals surface area contributed by atoms with Crippen molar-refractivity contribution in [2.45, 2.75) is 33.1 Å². The van der Waals surface area contributed by atoms with Gasteiger partial charge in [0.25, 0.3) is 11.8 Å². The van der Waals surface area contributed by atoms with Crippen LogP contribution in [-0.4, -0.2) is 38.3 Å². The highest BCUT2D eigenvalue weighted by Crippen LogP contribution is 2.27. The molecule has 0 aliphatic rings. The minimum atomic E-state index is -0.422. The molecule has 0 aliphatic carbocycles. The molecule has 0 saturated heterocycles. The molecule has 2 aromatic rings. The molecule has 7 heteroatoms. The van der Waals surface area contributed by atoms with Gasteiger partial charge in [-0.3, -0.25) is 9.59 Å². The maximum atomic E-state index is 12.2. The van der Waals surface area contributed by atoms with Gasteiger partial charge < -0.3 is 14.8 Å². The fourth-order valence-electron chi connectivity index (χ4n) is 2.70. The number of nitrogens with zero attached hydrogens (tertiary/aromatic N) is 1. The van der Waals surface area contributed by atoms with Crippen molar-refractivity contribution in [3.63, 3.8) is 0 Å². The highest BCUT2D eigenvalue weighted by atomic mass is 16.5. The molecule has 0 saturated carbocycles. The molecule has 0 fully saturated rings. The van der Waals surface area contributed by atoms with Crippen molar-refractivity contribution in [1.29, 1.82) is 0 Å². The third-order valence-electron chi connectivity index (χ3n) is 4.57. The molecule has 0 unspecified atom stereocenters. The maximum absolute atomic E-state index is 12.2. The van der Waals surface area contributed by atoms with E-state index in [4.69, 9.17) is 9.47 Å². The summed E-state index contributed by atoms with van der Waals surface area (Å²) in [5, 5.41) is 6.68. The second-order valence-electron chi connectivity index (χ2n) is 7.81. The van der Waals surface area contributed by atoms with Crippen LogP contribution in [0.4, 0.5) is 0 Å². The van der Waals surface area contributed by atoms with Gasteiger partial charge >= 0.3 is 0 Å². The molecule has 7 nitrogen and oxygen atoms in total. The van der Waals surface area contributed by atoms with Gasteiger partial charge in [0.15, 0.2) is 11.5 Å². The quantitative estimate of drug-likeness (QED) is 0.541. The van der Waals surface area contributed by atoms with Gasteiger partial charge in [0.2, 0.25) is 0 Å². The van der Waals surface area contributed by atoms with E-state index in [0.717, 1.165) is 11.1 Å². The van der Waals surface area contributed by atoms with Gasteiger partial charge in [-0.05, 0) is 48.2 Å². The fourth-order valence-corrected chi connectivity index (χ4v) is 2.70. The van der Waals surface area contributed by atoms with Crippen LogP contribution in [0.3, 0.4) is 0 Å². The Morgan fingerprint density at radius 2 is 1.53 bits per heavy atom. The van der Waals surface area contributed by atoms with Gasteiger partial charge in [-0.15, -0.1) is 0 Å². The van der Waals surface area contributed by atoms with Gasteiger partial charge in [-0.1, -0.05) is 32.9 Å². The number of hydrogen-bond acceptors (Lipinski definition) is 5. The Morgan fingerprint density at radius 3 is 2.10 bits per heavy atom. The number of hydrogen-bond donors (Lipinski definition) is 2. The number of hydrazone groups is 1. The first-order chi connectivity index (χ1) is 14.2. The molecule has 30 heavy (non-hydrogen) atoms. The third-order valence-corrected chi connectivity index (χ3v) is 4.57. The fraction of sp³-hybridized carbons (Fsp3) is 0.348. The lowest BCUT2D eigenvalue weighted by molar-refractivity contribution is -0.120. The van der Waals surface area contributed by atoms with Crippen molar-refractivity contribution < 1.29 is 19.1 Å². The second-order valence-corrected chi connectivity index (χ2v) is 7.81. The lowest BCUT2D eigenvalue weighted by atomic mass is 9.87. The predicted octanol–water partition coefficient (Wildman–Crippen LogP) is 3.27. The first-order valence-corrected chi connectivity index (χ1v) is 9.60. The van der Waals surface area contributed by atoms with Crippen molar-refractivity contribution in [2.24, 2.45) is 5.10 Å². The zero-order valence-corrected chi connectivity index (χ0v) is 18.3. The topological polar surface area (TPSA) is 89.0 Å². The summed E-state index contributed by atoms with van der Waals surface area (Å²) in [6.07, 6.45) is 0. The van der Waals surface area contributed by atoms with E-state index in [1.54, 1.807) is 45.4 Å². The Kier molecular flexibility index (Phi) is 7.58. The van der Waals surface area contributed by atoms with Crippen LogP contribution in [0, 0.1) is 0 Å². The zero-order chi connectivity index (χ0) is 22.3. The largest absolute Gasteiger partial charge is 0.493 e. The molecular weight excluding hydrogens is 382 g/mol. The van der Waals surface area contributed by atoms with Crippen molar-refractivity contribution >= 4 is 17.5 Å². The summed E-state index contributed by atoms with van der Waals surface area (Å²) in [4.78, 5) is 24.3. The van der Waals surface area contributed by atoms with Gasteiger partial charge in [-0.2, -0.15) is 5.10 Å². The van der Waals surface area contributed by atoms with Crippen molar-refractivity contribution in [3.05, 3.63) is 59.2 Å². The Labute approximate surface area is 177 Å². The van der Waals surface area contributed by atoms with Crippen molar-refractivity contribution in [3.8, 4) is 11.5 Å². The minimum Gasteiger partial charge on any atom is -0.493 e. The Morgan fingerprint density at radius 1 is 0.933 bits per heavy atom. The first kappa shape index (κ1) is 22.9. The number of carbonyl (C=O) groups is 2. The summed E-state index contributed by atoms with van der Waals surface area (Å²) in [6, 6.07) is 12.7. The standard InChI is InChI=1S/C23H29N3O4/c1-15(17-9-12-19(29-5)20(13-17)30-6)25-26-21(27)14-24-22(28)16-7-10-18(11-8-16)23(2,3)4/h7-13H,14H2,1-6H3,(H,24,28)(H,26,27)/b25-15+. The number of amides is 2. The van der Waals surface area contributed by atoms with E-state index >= 15 is 0 Å². The van der Waals surface area contributed by atoms with E-state index in [9.17, 15) is 9.59 Å². The third kappa shape index (κ3) is 6.07. The zero-order valence-electron chi connectivity index (χ0n) is 18.3. The average molecular weight is 412 g/mol. The Bertz CT molecular complexity index is 928. The van der Waals surface area contributed by atoms with Crippen LogP contribution in [0.5, 0.6) is 11.5 Å². The summed E-state index contributed by atoms with van der Waals surface area (Å²) >= 11 is 0. The normalized spacial score (nSPS) is 11.6. The van der Waals surface area contributed by atoms with E-state index in [-0.39, 0.29) is 17.9 Å². The van der Waals surface area contributed by atoms with Gasteiger partial charge in [-0.25, -0.2) is 5.43 Å². The van der Waals surface area contributed by atoms with Crippen LogP contribution in [0.1, 0.15) is 49.2 Å². The van der Waals surface area contributed by atoms with Crippen LogP contribution in [0.25, 0.3) is 0 Å². The van der Waals surface area contributed by atoms with Crippen LogP contribution >= 0.6 is 0 Å². The SMILES string of the molecule is COc1ccc(/C(C)=N/NC(=O)CNC(=O)c2ccc(C(C)(C)C)cc2)cc1OC. The molecule has 0 radical (unpaired) electrons. The Hall–Kier alpha value is -3.35. The van der Waals surface area contributed by atoms with Crippen molar-refractivity contribution in [2.75, 3.05) is 20.8 Å². The highest BCUT2D eigenvalue weighted by molar-refractivity contribution is 6.00. The van der Waals surface area contributed by atoms with Gasteiger partial charge in [0.1, 0.15) is 0 Å². The summed E-state index contributed by atoms with van der Waals surface area (Å²) in [5.41, 5.74) is 5.46. The maximum Gasteiger partial charge on any atom is 0.259 e.